The normalized spacial score (nSPS) is 22.5. The van der Waals surface area contributed by atoms with Crippen LogP contribution >= 0.6 is 0 Å². The van der Waals surface area contributed by atoms with Gasteiger partial charge in [-0.25, -0.2) is 0 Å². The predicted molar refractivity (Wildman–Crippen MR) is 98.1 cm³/mol. The van der Waals surface area contributed by atoms with Gasteiger partial charge in [0.25, 0.3) is 0 Å². The smallest absolute Gasteiger partial charge is 0.201 e. The number of hydrogen-bond acceptors (Lipinski definition) is 3. The highest BCUT2D eigenvalue weighted by atomic mass is 28.4. The molecule has 0 bridgehead atoms. The molecule has 1 aromatic rings. The predicted octanol–water partition coefficient (Wildman–Crippen LogP) is 5.01. The first-order valence-electron chi connectivity index (χ1n) is 9.08. The van der Waals surface area contributed by atoms with Gasteiger partial charge in [-0.3, -0.25) is 4.98 Å². The highest BCUT2D eigenvalue weighted by Crippen LogP contribution is 2.46. The largest absolute Gasteiger partial charge is 0.408 e. The molecule has 4 heteroatoms. The molecular weight excluding hydrogens is 302 g/mol. The second kappa shape index (κ2) is 7.45. The number of aromatic nitrogens is 1. The summed E-state index contributed by atoms with van der Waals surface area (Å²) < 4.78 is 6.98. The molecule has 130 valence electrons. The first-order valence-corrected chi connectivity index (χ1v) is 11.2. The van der Waals surface area contributed by atoms with Crippen molar-refractivity contribution >= 4 is 8.32 Å². The van der Waals surface area contributed by atoms with Gasteiger partial charge in [0, 0.05) is 12.6 Å². The van der Waals surface area contributed by atoms with E-state index in [9.17, 15) is 5.11 Å². The molecule has 0 aromatic carbocycles. The Morgan fingerprint density at radius 3 is 2.26 bits per heavy atom. The van der Waals surface area contributed by atoms with E-state index in [1.165, 1.54) is 0 Å². The summed E-state index contributed by atoms with van der Waals surface area (Å²) >= 11 is 0. The number of hydrogen-bond donors (Lipinski definition) is 1. The molecule has 0 unspecified atom stereocenters. The lowest BCUT2D eigenvalue weighted by molar-refractivity contribution is 0.125. The zero-order valence-electron chi connectivity index (χ0n) is 15.5. The number of pyridine rings is 1. The maximum Gasteiger partial charge on any atom is 0.201 e. The monoisotopic (exact) mass is 335 g/mol. The van der Waals surface area contributed by atoms with E-state index in [2.05, 4.69) is 52.6 Å². The summed E-state index contributed by atoms with van der Waals surface area (Å²) in [6.45, 7) is 13.9. The van der Waals surface area contributed by atoms with Crippen molar-refractivity contribution in [3.63, 3.8) is 0 Å². The van der Waals surface area contributed by atoms with Crippen LogP contribution in [0.15, 0.2) is 18.3 Å². The number of rotatable bonds is 5. The summed E-state index contributed by atoms with van der Waals surface area (Å²) in [7, 11) is -1.95. The molecule has 23 heavy (non-hydrogen) atoms. The van der Waals surface area contributed by atoms with Crippen LogP contribution in [-0.4, -0.2) is 24.5 Å². The summed E-state index contributed by atoms with van der Waals surface area (Å²) in [6, 6.07) is 4.06. The van der Waals surface area contributed by atoms with Crippen molar-refractivity contribution in [3.05, 3.63) is 29.6 Å². The molecule has 1 aliphatic carbocycles. The second-order valence-electron chi connectivity index (χ2n) is 7.91. The summed E-state index contributed by atoms with van der Waals surface area (Å²) in [5.74, 6) is 0. The number of aliphatic hydroxyl groups is 1. The number of aliphatic hydroxyl groups excluding tert-OH is 1. The second-order valence-corrected chi connectivity index (χ2v) is 13.3. The van der Waals surface area contributed by atoms with Gasteiger partial charge >= 0.3 is 0 Å². The molecular formula is C19H33NO2Si. The molecule has 2 atom stereocenters. The molecule has 0 spiro atoms. The van der Waals surface area contributed by atoms with Crippen LogP contribution in [-0.2, 0) is 10.8 Å². The molecule has 1 N–H and O–H groups in total. The van der Waals surface area contributed by atoms with E-state index in [1.807, 2.05) is 12.3 Å². The van der Waals surface area contributed by atoms with Crippen LogP contribution in [0.4, 0.5) is 0 Å². The molecule has 1 aromatic heterocycles. The van der Waals surface area contributed by atoms with E-state index >= 15 is 0 Å². The van der Waals surface area contributed by atoms with Gasteiger partial charge in [-0.1, -0.05) is 47.6 Å². The molecule has 0 radical (unpaired) electrons. The summed E-state index contributed by atoms with van der Waals surface area (Å²) in [5.41, 5.74) is 3.89. The number of fused-ring (bicyclic) bond motifs is 1. The topological polar surface area (TPSA) is 42.4 Å². The summed E-state index contributed by atoms with van der Waals surface area (Å²) in [5, 5.41) is 10.2. The van der Waals surface area contributed by atoms with Crippen LogP contribution in [0, 0.1) is 0 Å². The van der Waals surface area contributed by atoms with Crippen molar-refractivity contribution in [1.29, 1.82) is 0 Å². The molecule has 1 aliphatic rings. The molecule has 0 saturated carbocycles. The van der Waals surface area contributed by atoms with Crippen LogP contribution < -0.4 is 0 Å². The Hall–Kier alpha value is -0.713. The minimum atomic E-state index is -1.95. The minimum absolute atomic E-state index is 0.0298. The Labute approximate surface area is 142 Å². The van der Waals surface area contributed by atoms with E-state index in [4.69, 9.17) is 4.43 Å². The Morgan fingerprint density at radius 2 is 1.70 bits per heavy atom. The summed E-state index contributed by atoms with van der Waals surface area (Å²) in [4.78, 5) is 4.64. The van der Waals surface area contributed by atoms with Gasteiger partial charge in [-0.15, -0.1) is 0 Å². The van der Waals surface area contributed by atoms with Crippen molar-refractivity contribution < 1.29 is 9.53 Å². The Kier molecular flexibility index (Phi) is 6.03. The average molecular weight is 336 g/mol. The molecule has 0 fully saturated rings. The van der Waals surface area contributed by atoms with Crippen LogP contribution in [0.25, 0.3) is 0 Å². The van der Waals surface area contributed by atoms with Gasteiger partial charge in [0.15, 0.2) is 0 Å². The SMILES string of the molecule is CC(C)[Si](O[C@H]1CC[C@H](O)Cc2cccnc21)(C(C)C)C(C)C. The fraction of sp³-hybridized carbons (Fsp3) is 0.737. The third kappa shape index (κ3) is 3.70. The molecule has 1 heterocycles. The van der Waals surface area contributed by atoms with Crippen molar-refractivity contribution in [1.82, 2.24) is 4.98 Å². The van der Waals surface area contributed by atoms with Crippen LogP contribution in [0.5, 0.6) is 0 Å². The first-order chi connectivity index (χ1) is 10.8. The fourth-order valence-corrected chi connectivity index (χ4v) is 10.1. The molecule has 0 amide bonds. The Bertz CT molecular complexity index is 494. The van der Waals surface area contributed by atoms with Gasteiger partial charge in [-0.2, -0.15) is 0 Å². The van der Waals surface area contributed by atoms with E-state index in [0.29, 0.717) is 23.0 Å². The van der Waals surface area contributed by atoms with Gasteiger partial charge < -0.3 is 9.53 Å². The van der Waals surface area contributed by atoms with Crippen molar-refractivity contribution in [2.45, 2.75) is 89.6 Å². The van der Waals surface area contributed by atoms with Gasteiger partial charge in [0.05, 0.1) is 17.9 Å². The lowest BCUT2D eigenvalue weighted by atomic mass is 10.1. The van der Waals surface area contributed by atoms with E-state index < -0.39 is 8.32 Å². The zero-order valence-corrected chi connectivity index (χ0v) is 16.5. The van der Waals surface area contributed by atoms with Crippen LogP contribution in [0.3, 0.4) is 0 Å². The molecule has 2 rings (SSSR count). The first kappa shape index (κ1) is 18.6. The maximum atomic E-state index is 10.2. The van der Waals surface area contributed by atoms with Crippen molar-refractivity contribution in [3.8, 4) is 0 Å². The Balaban J connectivity index is 2.40. The highest BCUT2D eigenvalue weighted by molar-refractivity contribution is 6.77. The number of nitrogens with zero attached hydrogens (tertiary/aromatic N) is 1. The minimum Gasteiger partial charge on any atom is -0.408 e. The van der Waals surface area contributed by atoms with Gasteiger partial charge in [0.2, 0.25) is 8.32 Å². The quantitative estimate of drug-likeness (QED) is 0.607. The van der Waals surface area contributed by atoms with Crippen molar-refractivity contribution in [2.24, 2.45) is 0 Å². The summed E-state index contributed by atoms with van der Waals surface area (Å²) in [6.07, 6.45) is 3.96. The highest BCUT2D eigenvalue weighted by Gasteiger charge is 2.47. The van der Waals surface area contributed by atoms with Crippen LogP contribution in [0.1, 0.15) is 71.7 Å². The molecule has 0 aliphatic heterocycles. The third-order valence-electron chi connectivity index (χ3n) is 5.50. The Morgan fingerprint density at radius 1 is 1.09 bits per heavy atom. The third-order valence-corrected chi connectivity index (χ3v) is 11.6. The average Bonchev–Trinajstić information content (AvgIpc) is 2.62. The van der Waals surface area contributed by atoms with Gasteiger partial charge in [-0.05, 0) is 41.1 Å². The van der Waals surface area contributed by atoms with Crippen LogP contribution in [0.2, 0.25) is 16.6 Å². The lowest BCUT2D eigenvalue weighted by Crippen LogP contribution is -2.48. The molecule has 0 saturated heterocycles. The lowest BCUT2D eigenvalue weighted by Gasteiger charge is -2.44. The van der Waals surface area contributed by atoms with Gasteiger partial charge in [0.1, 0.15) is 0 Å². The molecule has 3 nitrogen and oxygen atoms in total. The van der Waals surface area contributed by atoms with E-state index in [-0.39, 0.29) is 12.2 Å². The standard InChI is InChI=1S/C19H33NO2Si/c1-13(2)23(14(3)4,15(5)6)22-18-10-9-17(21)12-16-8-7-11-20-19(16)18/h7-8,11,13-15,17-18,21H,9-10,12H2,1-6H3/t17-,18-/m0/s1. The van der Waals surface area contributed by atoms with E-state index in [1.54, 1.807) is 0 Å². The zero-order chi connectivity index (χ0) is 17.2. The fourth-order valence-electron chi connectivity index (χ4n) is 4.52. The maximum absolute atomic E-state index is 10.2. The van der Waals surface area contributed by atoms with Crippen molar-refractivity contribution in [2.75, 3.05) is 0 Å². The van der Waals surface area contributed by atoms with E-state index in [0.717, 1.165) is 24.1 Å².